The van der Waals surface area contributed by atoms with E-state index in [0.717, 1.165) is 5.69 Å². The molecule has 6 nitrogen and oxygen atoms in total. The van der Waals surface area contributed by atoms with E-state index in [2.05, 4.69) is 10.6 Å². The maximum absolute atomic E-state index is 11.6. The number of hydrogen-bond donors (Lipinski definition) is 3. The van der Waals surface area contributed by atoms with E-state index >= 15 is 0 Å². The second kappa shape index (κ2) is 5.71. The van der Waals surface area contributed by atoms with Gasteiger partial charge in [0.25, 0.3) is 0 Å². The Labute approximate surface area is 112 Å². The molecule has 0 radical (unpaired) electrons. The molecule has 102 valence electrons. The van der Waals surface area contributed by atoms with Crippen LogP contribution in [0.25, 0.3) is 0 Å². The molecule has 0 unspecified atom stereocenters. The molecule has 1 aliphatic heterocycles. The van der Waals surface area contributed by atoms with Gasteiger partial charge in [0, 0.05) is 24.5 Å². The lowest BCUT2D eigenvalue weighted by Crippen LogP contribution is -2.34. The lowest BCUT2D eigenvalue weighted by Gasteiger charge is -2.15. The van der Waals surface area contributed by atoms with Gasteiger partial charge in [-0.1, -0.05) is 6.92 Å². The lowest BCUT2D eigenvalue weighted by atomic mass is 10.2. The molecular formula is C13H18N4O2. The molecule has 4 N–H and O–H groups in total. The van der Waals surface area contributed by atoms with E-state index < -0.39 is 6.04 Å². The summed E-state index contributed by atoms with van der Waals surface area (Å²) < 4.78 is 0. The molecule has 19 heavy (non-hydrogen) atoms. The number of nitrogens with one attached hydrogen (secondary N) is 2. The highest BCUT2D eigenvalue weighted by Gasteiger charge is 2.20. The molecule has 0 aromatic heterocycles. The third-order valence-electron chi connectivity index (χ3n) is 3.08. The Balaban J connectivity index is 2.02. The molecule has 1 fully saturated rings. The van der Waals surface area contributed by atoms with Gasteiger partial charge < -0.3 is 16.4 Å². The Morgan fingerprint density at radius 1 is 1.47 bits per heavy atom. The highest BCUT2D eigenvalue weighted by molar-refractivity contribution is 5.96. The lowest BCUT2D eigenvalue weighted by molar-refractivity contribution is -0.117. The second-order valence-corrected chi connectivity index (χ2v) is 4.43. The summed E-state index contributed by atoms with van der Waals surface area (Å²) in [6.07, 6.45) is 0.595. The fourth-order valence-electron chi connectivity index (χ4n) is 1.86. The quantitative estimate of drug-likeness (QED) is 0.753. The molecule has 0 aliphatic carbocycles. The summed E-state index contributed by atoms with van der Waals surface area (Å²) in [5.74, 6) is -0.200. The SMILES string of the molecule is CC[C@H](N)C(=O)Nc1ccc(N2CCNC2=O)cc1. The molecule has 1 aromatic carbocycles. The van der Waals surface area contributed by atoms with Gasteiger partial charge in [-0.15, -0.1) is 0 Å². The normalized spacial score (nSPS) is 16.1. The summed E-state index contributed by atoms with van der Waals surface area (Å²) in [4.78, 5) is 24.8. The smallest absolute Gasteiger partial charge is 0.321 e. The number of benzene rings is 1. The van der Waals surface area contributed by atoms with Crippen LogP contribution in [0.15, 0.2) is 24.3 Å². The van der Waals surface area contributed by atoms with Crippen molar-refractivity contribution in [3.05, 3.63) is 24.3 Å². The highest BCUT2D eigenvalue weighted by atomic mass is 16.2. The molecule has 0 saturated carbocycles. The van der Waals surface area contributed by atoms with Crippen molar-refractivity contribution < 1.29 is 9.59 Å². The maximum atomic E-state index is 11.6. The Bertz CT molecular complexity index is 472. The summed E-state index contributed by atoms with van der Waals surface area (Å²) in [7, 11) is 0. The minimum Gasteiger partial charge on any atom is -0.336 e. The fourth-order valence-corrected chi connectivity index (χ4v) is 1.86. The van der Waals surface area contributed by atoms with Crippen LogP contribution in [0.5, 0.6) is 0 Å². The zero-order valence-corrected chi connectivity index (χ0v) is 10.8. The molecule has 3 amide bonds. The monoisotopic (exact) mass is 262 g/mol. The van der Waals surface area contributed by atoms with Crippen LogP contribution >= 0.6 is 0 Å². The molecule has 0 spiro atoms. The van der Waals surface area contributed by atoms with Crippen molar-refractivity contribution in [2.45, 2.75) is 19.4 Å². The van der Waals surface area contributed by atoms with Crippen LogP contribution in [-0.4, -0.2) is 31.1 Å². The van der Waals surface area contributed by atoms with E-state index in [1.54, 1.807) is 29.2 Å². The number of urea groups is 1. The average molecular weight is 262 g/mol. The molecule has 1 aromatic rings. The van der Waals surface area contributed by atoms with Crippen molar-refractivity contribution >= 4 is 23.3 Å². The number of nitrogens with zero attached hydrogens (tertiary/aromatic N) is 1. The van der Waals surface area contributed by atoms with E-state index in [4.69, 9.17) is 5.73 Å². The minimum atomic E-state index is -0.496. The Kier molecular flexibility index (Phi) is 4.01. The fraction of sp³-hybridized carbons (Fsp3) is 0.385. The van der Waals surface area contributed by atoms with E-state index in [1.807, 2.05) is 6.92 Å². The summed E-state index contributed by atoms with van der Waals surface area (Å²) in [5, 5.41) is 5.48. The molecule has 1 aliphatic rings. The number of amides is 3. The van der Waals surface area contributed by atoms with Crippen LogP contribution in [0.1, 0.15) is 13.3 Å². The van der Waals surface area contributed by atoms with Crippen molar-refractivity contribution in [1.29, 1.82) is 0 Å². The Morgan fingerprint density at radius 2 is 2.16 bits per heavy atom. The van der Waals surface area contributed by atoms with Crippen LogP contribution in [0, 0.1) is 0 Å². The van der Waals surface area contributed by atoms with Gasteiger partial charge in [-0.25, -0.2) is 4.79 Å². The summed E-state index contributed by atoms with van der Waals surface area (Å²) in [6, 6.07) is 6.55. The summed E-state index contributed by atoms with van der Waals surface area (Å²) >= 11 is 0. The number of carbonyl (C=O) groups is 2. The molecule has 6 heteroatoms. The molecular weight excluding hydrogens is 244 g/mol. The first kappa shape index (κ1) is 13.4. The molecule has 1 atom stereocenters. The van der Waals surface area contributed by atoms with Gasteiger partial charge in [-0.05, 0) is 30.7 Å². The van der Waals surface area contributed by atoms with Gasteiger partial charge in [0.2, 0.25) is 5.91 Å². The van der Waals surface area contributed by atoms with E-state index in [1.165, 1.54) is 0 Å². The van der Waals surface area contributed by atoms with Gasteiger partial charge >= 0.3 is 6.03 Å². The van der Waals surface area contributed by atoms with Crippen molar-refractivity contribution in [1.82, 2.24) is 5.32 Å². The second-order valence-electron chi connectivity index (χ2n) is 4.43. The van der Waals surface area contributed by atoms with Gasteiger partial charge in [0.1, 0.15) is 0 Å². The maximum Gasteiger partial charge on any atom is 0.321 e. The third-order valence-corrected chi connectivity index (χ3v) is 3.08. The molecule has 1 saturated heterocycles. The topological polar surface area (TPSA) is 87.5 Å². The van der Waals surface area contributed by atoms with E-state index in [-0.39, 0.29) is 11.9 Å². The van der Waals surface area contributed by atoms with Crippen molar-refractivity contribution in [3.8, 4) is 0 Å². The van der Waals surface area contributed by atoms with Crippen molar-refractivity contribution in [3.63, 3.8) is 0 Å². The minimum absolute atomic E-state index is 0.0928. The van der Waals surface area contributed by atoms with Gasteiger partial charge in [-0.2, -0.15) is 0 Å². The predicted molar refractivity (Wildman–Crippen MR) is 74.1 cm³/mol. The number of hydrogen-bond acceptors (Lipinski definition) is 3. The highest BCUT2D eigenvalue weighted by Crippen LogP contribution is 2.19. The van der Waals surface area contributed by atoms with Crippen molar-refractivity contribution in [2.24, 2.45) is 5.73 Å². The van der Waals surface area contributed by atoms with Crippen LogP contribution in [0.2, 0.25) is 0 Å². The molecule has 1 heterocycles. The van der Waals surface area contributed by atoms with E-state index in [0.29, 0.717) is 25.2 Å². The van der Waals surface area contributed by atoms with E-state index in [9.17, 15) is 9.59 Å². The standard InChI is InChI=1S/C13H18N4O2/c1-2-11(14)12(18)16-9-3-5-10(6-4-9)17-8-7-15-13(17)19/h3-6,11H,2,7-8,14H2,1H3,(H,15,19)(H,16,18)/t11-/m0/s1. The molecule has 0 bridgehead atoms. The molecule has 2 rings (SSSR count). The van der Waals surface area contributed by atoms with Crippen LogP contribution in [0.4, 0.5) is 16.2 Å². The van der Waals surface area contributed by atoms with Crippen LogP contribution in [0.3, 0.4) is 0 Å². The first-order chi connectivity index (χ1) is 9.11. The number of rotatable bonds is 4. The third kappa shape index (κ3) is 3.03. The predicted octanol–water partition coefficient (Wildman–Crippen LogP) is 0.892. The van der Waals surface area contributed by atoms with Crippen LogP contribution < -0.4 is 21.3 Å². The number of nitrogens with two attached hydrogens (primary N) is 1. The Hall–Kier alpha value is -2.08. The summed E-state index contributed by atoms with van der Waals surface area (Å²) in [5.41, 5.74) is 7.13. The van der Waals surface area contributed by atoms with Crippen LogP contribution in [-0.2, 0) is 4.79 Å². The average Bonchev–Trinajstić information content (AvgIpc) is 2.85. The van der Waals surface area contributed by atoms with Gasteiger partial charge in [0.05, 0.1) is 6.04 Å². The Morgan fingerprint density at radius 3 is 2.68 bits per heavy atom. The van der Waals surface area contributed by atoms with Gasteiger partial charge in [0.15, 0.2) is 0 Å². The summed E-state index contributed by atoms with van der Waals surface area (Å²) in [6.45, 7) is 3.17. The van der Waals surface area contributed by atoms with Gasteiger partial charge in [-0.3, -0.25) is 9.69 Å². The number of anilines is 2. The number of carbonyl (C=O) groups excluding carboxylic acids is 2. The first-order valence-corrected chi connectivity index (χ1v) is 6.33. The van der Waals surface area contributed by atoms with Crippen molar-refractivity contribution in [2.75, 3.05) is 23.3 Å². The largest absolute Gasteiger partial charge is 0.336 e. The zero-order chi connectivity index (χ0) is 13.8. The zero-order valence-electron chi connectivity index (χ0n) is 10.8. The first-order valence-electron chi connectivity index (χ1n) is 6.33.